The first kappa shape index (κ1) is 20.5. The van der Waals surface area contributed by atoms with Gasteiger partial charge in [-0.05, 0) is 19.4 Å². The Morgan fingerprint density at radius 3 is 2.66 bits per heavy atom. The Hall–Kier alpha value is -3.23. The lowest BCUT2D eigenvalue weighted by molar-refractivity contribution is 0.0695. The van der Waals surface area contributed by atoms with Crippen LogP contribution < -0.4 is 10.7 Å². The minimum absolute atomic E-state index is 0.0601. The lowest BCUT2D eigenvalue weighted by Crippen LogP contribution is -2.43. The third-order valence-electron chi connectivity index (χ3n) is 4.93. The molecule has 0 fully saturated rings. The summed E-state index contributed by atoms with van der Waals surface area (Å²) < 4.78 is 28.8. The number of carbonyl (C=O) groups is 2. The summed E-state index contributed by atoms with van der Waals surface area (Å²) in [5, 5.41) is 12.7. The molecule has 0 saturated heterocycles. The van der Waals surface area contributed by atoms with Crippen LogP contribution in [0, 0.1) is 18.6 Å². The van der Waals surface area contributed by atoms with Crippen LogP contribution >= 0.6 is 0 Å². The molecule has 0 bridgehead atoms. The predicted molar refractivity (Wildman–Crippen MR) is 101 cm³/mol. The number of hydrogen-bond acceptors (Lipinski definition) is 4. The minimum Gasteiger partial charge on any atom is -0.503 e. The molecule has 0 saturated carbocycles. The lowest BCUT2D eigenvalue weighted by Gasteiger charge is -2.30. The number of aromatic nitrogens is 1. The van der Waals surface area contributed by atoms with Gasteiger partial charge < -0.3 is 19.9 Å². The topological polar surface area (TPSA) is 91.6 Å². The maximum Gasteiger partial charge on any atom is 0.274 e. The molecule has 2 heterocycles. The van der Waals surface area contributed by atoms with Crippen molar-refractivity contribution in [3.8, 4) is 5.75 Å². The molecule has 154 valence electrons. The summed E-state index contributed by atoms with van der Waals surface area (Å²) in [7, 11) is 0. The lowest BCUT2D eigenvalue weighted by atomic mass is 10.1. The molecule has 0 atom stereocenters. The number of hydrogen-bond donors (Lipinski definition) is 2. The highest BCUT2D eigenvalue weighted by Crippen LogP contribution is 2.21. The molecule has 3 rings (SSSR count). The average molecular weight is 405 g/mol. The summed E-state index contributed by atoms with van der Waals surface area (Å²) in [5.74, 6) is -3.56. The van der Waals surface area contributed by atoms with E-state index in [0.29, 0.717) is 19.6 Å². The number of pyridine rings is 1. The van der Waals surface area contributed by atoms with E-state index < -0.39 is 34.6 Å². The molecule has 29 heavy (non-hydrogen) atoms. The summed E-state index contributed by atoms with van der Waals surface area (Å²) in [6.07, 6.45) is 1.96. The Morgan fingerprint density at radius 2 is 1.97 bits per heavy atom. The van der Waals surface area contributed by atoms with Crippen molar-refractivity contribution in [2.45, 2.75) is 33.4 Å². The van der Waals surface area contributed by atoms with Crippen LogP contribution in [-0.4, -0.2) is 39.5 Å². The number of nitrogens with zero attached hydrogens (tertiary/aromatic N) is 2. The van der Waals surface area contributed by atoms with Gasteiger partial charge in [0.25, 0.3) is 11.8 Å². The number of aromatic hydroxyl groups is 1. The van der Waals surface area contributed by atoms with Crippen LogP contribution in [0.15, 0.2) is 23.1 Å². The summed E-state index contributed by atoms with van der Waals surface area (Å²) >= 11 is 0. The molecule has 0 radical (unpaired) electrons. The van der Waals surface area contributed by atoms with Crippen molar-refractivity contribution in [2.75, 3.05) is 13.1 Å². The molecule has 2 aromatic rings. The van der Waals surface area contributed by atoms with Crippen molar-refractivity contribution in [1.29, 1.82) is 0 Å². The van der Waals surface area contributed by atoms with Gasteiger partial charge in [0.1, 0.15) is 17.2 Å². The fourth-order valence-corrected chi connectivity index (χ4v) is 3.30. The van der Waals surface area contributed by atoms with E-state index in [9.17, 15) is 28.3 Å². The fraction of sp³-hybridized carbons (Fsp3) is 0.350. The summed E-state index contributed by atoms with van der Waals surface area (Å²) in [5.41, 5.74) is -1.59. The van der Waals surface area contributed by atoms with Gasteiger partial charge in [-0.25, -0.2) is 8.78 Å². The molecule has 1 aliphatic heterocycles. The van der Waals surface area contributed by atoms with Gasteiger partial charge in [0.2, 0.25) is 5.43 Å². The number of benzene rings is 1. The highest BCUT2D eigenvalue weighted by molar-refractivity contribution is 5.99. The van der Waals surface area contributed by atoms with Crippen molar-refractivity contribution in [3.05, 3.63) is 62.6 Å². The van der Waals surface area contributed by atoms with Crippen LogP contribution in [0.3, 0.4) is 0 Å². The van der Waals surface area contributed by atoms with E-state index in [0.717, 1.165) is 12.5 Å². The second-order valence-electron chi connectivity index (χ2n) is 6.88. The van der Waals surface area contributed by atoms with Gasteiger partial charge in [0, 0.05) is 43.5 Å². The van der Waals surface area contributed by atoms with Crippen molar-refractivity contribution >= 4 is 11.8 Å². The smallest absolute Gasteiger partial charge is 0.274 e. The molecular weight excluding hydrogens is 384 g/mol. The molecule has 1 aromatic carbocycles. The van der Waals surface area contributed by atoms with Crippen molar-refractivity contribution in [3.63, 3.8) is 0 Å². The molecule has 0 aliphatic carbocycles. The second-order valence-corrected chi connectivity index (χ2v) is 6.88. The molecular formula is C20H21F2N3O4. The van der Waals surface area contributed by atoms with E-state index in [1.165, 1.54) is 28.7 Å². The largest absolute Gasteiger partial charge is 0.503 e. The van der Waals surface area contributed by atoms with Gasteiger partial charge >= 0.3 is 0 Å². The van der Waals surface area contributed by atoms with Crippen LogP contribution in [0.1, 0.15) is 45.3 Å². The monoisotopic (exact) mass is 405 g/mol. The summed E-state index contributed by atoms with van der Waals surface area (Å²) in [6, 6.07) is 2.29. The van der Waals surface area contributed by atoms with Crippen molar-refractivity contribution < 1.29 is 23.5 Å². The first-order chi connectivity index (χ1) is 13.8. The number of halogens is 2. The number of amides is 2. The van der Waals surface area contributed by atoms with Crippen LogP contribution in [-0.2, 0) is 13.1 Å². The third kappa shape index (κ3) is 3.72. The normalized spacial score (nSPS) is 13.4. The fourth-order valence-electron chi connectivity index (χ4n) is 3.30. The minimum atomic E-state index is -0.976. The zero-order valence-corrected chi connectivity index (χ0v) is 16.1. The van der Waals surface area contributed by atoms with E-state index in [2.05, 4.69) is 5.32 Å². The zero-order chi connectivity index (χ0) is 21.3. The van der Waals surface area contributed by atoms with Gasteiger partial charge in [-0.2, -0.15) is 0 Å². The Labute approximate surface area is 165 Å². The van der Waals surface area contributed by atoms with Gasteiger partial charge in [0.05, 0.1) is 0 Å². The number of nitrogens with one attached hydrogen (secondary N) is 1. The Bertz CT molecular complexity index is 1050. The highest BCUT2D eigenvalue weighted by Gasteiger charge is 2.30. The number of carbonyl (C=O) groups excluding carboxylic acids is 2. The molecule has 0 spiro atoms. The van der Waals surface area contributed by atoms with Gasteiger partial charge in [-0.3, -0.25) is 14.4 Å². The highest BCUT2D eigenvalue weighted by atomic mass is 19.1. The Balaban J connectivity index is 1.86. The van der Waals surface area contributed by atoms with Gasteiger partial charge in [0.15, 0.2) is 11.4 Å². The molecule has 0 unspecified atom stereocenters. The van der Waals surface area contributed by atoms with Crippen molar-refractivity contribution in [2.24, 2.45) is 0 Å². The van der Waals surface area contributed by atoms with E-state index in [1.54, 1.807) is 0 Å². The molecule has 7 nitrogen and oxygen atoms in total. The molecule has 2 amide bonds. The van der Waals surface area contributed by atoms with Crippen LogP contribution in [0.25, 0.3) is 0 Å². The number of rotatable bonds is 5. The first-order valence-electron chi connectivity index (χ1n) is 9.23. The van der Waals surface area contributed by atoms with Crippen LogP contribution in [0.2, 0.25) is 0 Å². The quantitative estimate of drug-likeness (QED) is 0.795. The molecule has 9 heteroatoms. The van der Waals surface area contributed by atoms with Gasteiger partial charge in [-0.15, -0.1) is 0 Å². The third-order valence-corrected chi connectivity index (χ3v) is 4.93. The van der Waals surface area contributed by atoms with E-state index >= 15 is 0 Å². The van der Waals surface area contributed by atoms with E-state index in [-0.39, 0.29) is 28.9 Å². The van der Waals surface area contributed by atoms with Crippen LogP contribution in [0.5, 0.6) is 5.75 Å². The zero-order valence-electron chi connectivity index (χ0n) is 16.1. The van der Waals surface area contributed by atoms with Crippen LogP contribution in [0.4, 0.5) is 8.78 Å². The first-order valence-corrected chi connectivity index (χ1v) is 9.23. The predicted octanol–water partition coefficient (Wildman–Crippen LogP) is 1.94. The summed E-state index contributed by atoms with van der Waals surface area (Å²) in [4.78, 5) is 38.9. The van der Waals surface area contributed by atoms with Crippen molar-refractivity contribution in [1.82, 2.24) is 14.8 Å². The molecule has 2 N–H and O–H groups in total. The van der Waals surface area contributed by atoms with E-state index in [4.69, 9.17) is 0 Å². The van der Waals surface area contributed by atoms with Gasteiger partial charge in [-0.1, -0.05) is 13.0 Å². The Morgan fingerprint density at radius 1 is 1.24 bits per heavy atom. The molecule has 1 aliphatic rings. The van der Waals surface area contributed by atoms with E-state index in [1.807, 2.05) is 6.92 Å². The summed E-state index contributed by atoms with van der Waals surface area (Å²) in [6.45, 7) is 4.13. The standard InChI is InChI=1S/C20H21F2N3O4/c1-3-6-24-7-8-25-10-13(17(26)18(27)16(25)20(24)29)19(28)23-9-12-4-5-14(21)11(2)15(12)22/h4-5,10,27H,3,6-9H2,1-2H3,(H,23,28). The Kier molecular flexibility index (Phi) is 5.67. The maximum atomic E-state index is 14.1. The number of fused-ring (bicyclic) bond motifs is 1. The maximum absolute atomic E-state index is 14.1. The second kappa shape index (κ2) is 8.02. The SMILES string of the molecule is CCCN1CCn2cc(C(=O)NCc3ccc(F)c(C)c3F)c(=O)c(O)c2C1=O. The molecule has 1 aromatic heterocycles. The average Bonchev–Trinajstić information content (AvgIpc) is 2.70.